The lowest BCUT2D eigenvalue weighted by Crippen LogP contribution is -2.31. The Morgan fingerprint density at radius 2 is 1.73 bits per heavy atom. The van der Waals surface area contributed by atoms with Gasteiger partial charge in [0.1, 0.15) is 5.92 Å². The van der Waals surface area contributed by atoms with E-state index in [1.807, 2.05) is 66.4 Å². The van der Waals surface area contributed by atoms with Crippen molar-refractivity contribution in [1.82, 2.24) is 4.90 Å². The molecule has 190 valence electrons. The highest BCUT2D eigenvalue weighted by Crippen LogP contribution is 2.38. The number of anilines is 1. The second-order valence-corrected chi connectivity index (χ2v) is 11.4. The Morgan fingerprint density at radius 1 is 1.03 bits per heavy atom. The maximum absolute atomic E-state index is 13.2. The van der Waals surface area contributed by atoms with E-state index in [1.165, 1.54) is 17.1 Å². The number of carboxylic acids is 1. The Labute approximate surface area is 229 Å². The molecule has 0 bridgehead atoms. The lowest BCUT2D eigenvalue weighted by molar-refractivity contribution is -0.137. The van der Waals surface area contributed by atoms with Gasteiger partial charge in [-0.3, -0.25) is 19.5 Å². The first-order chi connectivity index (χ1) is 18.0. The fourth-order valence-electron chi connectivity index (χ4n) is 4.73. The minimum absolute atomic E-state index is 0.0796. The third kappa shape index (κ3) is 6.32. The van der Waals surface area contributed by atoms with Crippen molar-refractivity contribution in [3.63, 3.8) is 0 Å². The number of nitrogens with one attached hydrogen (secondary N) is 1. The maximum atomic E-state index is 13.2. The molecule has 0 spiro atoms. The van der Waals surface area contributed by atoms with Gasteiger partial charge in [-0.1, -0.05) is 58.4 Å². The molecule has 3 aromatic rings. The summed E-state index contributed by atoms with van der Waals surface area (Å²) in [6.45, 7) is 3.16. The van der Waals surface area contributed by atoms with Crippen LogP contribution in [-0.2, 0) is 22.6 Å². The van der Waals surface area contributed by atoms with Gasteiger partial charge >= 0.3 is 5.97 Å². The average molecular weight is 579 g/mol. The molecule has 2 heterocycles. The first-order valence-electron chi connectivity index (χ1n) is 12.4. The van der Waals surface area contributed by atoms with Crippen molar-refractivity contribution in [3.05, 3.63) is 93.5 Å². The summed E-state index contributed by atoms with van der Waals surface area (Å²) in [6.07, 6.45) is 0.538. The topological polar surface area (TPSA) is 82.0 Å². The minimum Gasteiger partial charge on any atom is -0.481 e. The number of hydrogen-bond donors (Lipinski definition) is 2. The van der Waals surface area contributed by atoms with E-state index < -0.39 is 11.9 Å². The molecule has 0 aromatic heterocycles. The Bertz CT molecular complexity index is 1320. The Kier molecular flexibility index (Phi) is 8.08. The first kappa shape index (κ1) is 25.7. The molecule has 2 aliphatic rings. The summed E-state index contributed by atoms with van der Waals surface area (Å²) in [4.78, 5) is 31.6. The number of aryl methyl sites for hydroxylation is 1. The zero-order valence-corrected chi connectivity index (χ0v) is 22.7. The number of benzene rings is 3. The zero-order valence-electron chi connectivity index (χ0n) is 20.3. The van der Waals surface area contributed by atoms with Crippen LogP contribution in [0, 0.1) is 0 Å². The van der Waals surface area contributed by atoms with Gasteiger partial charge in [0.05, 0.1) is 11.4 Å². The molecular formula is C29H28BrN3O3S. The predicted octanol–water partition coefficient (Wildman–Crippen LogP) is 5.87. The van der Waals surface area contributed by atoms with Crippen LogP contribution in [0.1, 0.15) is 34.6 Å². The number of rotatable bonds is 8. The van der Waals surface area contributed by atoms with E-state index in [-0.39, 0.29) is 12.3 Å². The fraction of sp³-hybridized carbons (Fsp3) is 0.276. The summed E-state index contributed by atoms with van der Waals surface area (Å²) in [5, 5.41) is 12.0. The van der Waals surface area contributed by atoms with Gasteiger partial charge in [-0.05, 0) is 52.9 Å². The van der Waals surface area contributed by atoms with E-state index in [9.17, 15) is 9.59 Å². The summed E-state index contributed by atoms with van der Waals surface area (Å²) >= 11 is 5.50. The van der Waals surface area contributed by atoms with Gasteiger partial charge < -0.3 is 10.4 Å². The molecule has 0 aliphatic carbocycles. The fourth-order valence-corrected chi connectivity index (χ4v) is 6.07. The van der Waals surface area contributed by atoms with Crippen LogP contribution in [0.3, 0.4) is 0 Å². The Morgan fingerprint density at radius 3 is 2.43 bits per heavy atom. The molecular weight excluding hydrogens is 550 g/mol. The molecule has 5 rings (SSSR count). The van der Waals surface area contributed by atoms with Gasteiger partial charge in [0.2, 0.25) is 5.91 Å². The number of hydrogen-bond acceptors (Lipinski definition) is 5. The maximum Gasteiger partial charge on any atom is 0.303 e. The van der Waals surface area contributed by atoms with Crippen molar-refractivity contribution in [2.75, 3.05) is 29.9 Å². The van der Waals surface area contributed by atoms with E-state index in [2.05, 4.69) is 38.3 Å². The standard InChI is InChI=1S/C29H28BrN3O3S/c30-22-8-11-24-25(17-22)32-29(36)27(24)28(21-6-1-19(2-7-21)5-12-26(34)35)31-23-9-3-20(4-10-23)18-33-13-15-37-16-14-33/h1-4,6-11,17,27H,5,12-16,18H2,(H,32,36)(H,34,35). The molecule has 1 fully saturated rings. The molecule has 0 saturated carbocycles. The van der Waals surface area contributed by atoms with E-state index in [4.69, 9.17) is 10.1 Å². The first-order valence-corrected chi connectivity index (χ1v) is 14.3. The van der Waals surface area contributed by atoms with Crippen molar-refractivity contribution in [2.24, 2.45) is 4.99 Å². The lowest BCUT2D eigenvalue weighted by atomic mass is 9.90. The SMILES string of the molecule is O=C(O)CCc1ccc(C(=Nc2ccc(CN3CCSCC3)cc2)C2C(=O)Nc3cc(Br)ccc32)cc1. The summed E-state index contributed by atoms with van der Waals surface area (Å²) in [6, 6.07) is 21.8. The molecule has 6 nitrogen and oxygen atoms in total. The van der Waals surface area contributed by atoms with Gasteiger partial charge in [0.25, 0.3) is 0 Å². The van der Waals surface area contributed by atoms with Crippen LogP contribution in [-0.4, -0.2) is 52.2 Å². The number of thioether (sulfide) groups is 1. The van der Waals surface area contributed by atoms with E-state index in [0.29, 0.717) is 12.1 Å². The highest BCUT2D eigenvalue weighted by atomic mass is 79.9. The number of carbonyl (C=O) groups excluding carboxylic acids is 1. The van der Waals surface area contributed by atoms with Crippen molar-refractivity contribution in [2.45, 2.75) is 25.3 Å². The molecule has 8 heteroatoms. The molecule has 2 N–H and O–H groups in total. The summed E-state index contributed by atoms with van der Waals surface area (Å²) < 4.78 is 0.899. The van der Waals surface area contributed by atoms with Crippen molar-refractivity contribution < 1.29 is 14.7 Å². The Hall–Kier alpha value is -2.94. The van der Waals surface area contributed by atoms with E-state index >= 15 is 0 Å². The number of carbonyl (C=O) groups is 2. The normalized spacial score (nSPS) is 17.9. The van der Waals surface area contributed by atoms with Crippen LogP contribution in [0.2, 0.25) is 0 Å². The third-order valence-electron chi connectivity index (χ3n) is 6.69. The Balaban J connectivity index is 1.46. The van der Waals surface area contributed by atoms with Gasteiger partial charge in [0.15, 0.2) is 0 Å². The molecule has 1 atom stereocenters. The molecule has 1 unspecified atom stereocenters. The largest absolute Gasteiger partial charge is 0.481 e. The molecule has 3 aromatic carbocycles. The molecule has 2 aliphatic heterocycles. The predicted molar refractivity (Wildman–Crippen MR) is 153 cm³/mol. The van der Waals surface area contributed by atoms with Crippen LogP contribution in [0.25, 0.3) is 0 Å². The molecule has 0 radical (unpaired) electrons. The number of fused-ring (bicyclic) bond motifs is 1. The number of nitrogens with zero attached hydrogens (tertiary/aromatic N) is 2. The summed E-state index contributed by atoms with van der Waals surface area (Å²) in [5.74, 6) is 0.893. The quantitative estimate of drug-likeness (QED) is 0.327. The highest BCUT2D eigenvalue weighted by Gasteiger charge is 2.35. The molecule has 1 amide bonds. The van der Waals surface area contributed by atoms with Crippen LogP contribution < -0.4 is 5.32 Å². The highest BCUT2D eigenvalue weighted by molar-refractivity contribution is 9.10. The van der Waals surface area contributed by atoms with Gasteiger partial charge in [-0.25, -0.2) is 0 Å². The van der Waals surface area contributed by atoms with Crippen LogP contribution in [0.4, 0.5) is 11.4 Å². The second kappa shape index (κ2) is 11.6. The van der Waals surface area contributed by atoms with E-state index in [0.717, 1.165) is 52.2 Å². The summed E-state index contributed by atoms with van der Waals surface area (Å²) in [7, 11) is 0. The van der Waals surface area contributed by atoms with Crippen molar-refractivity contribution >= 4 is 56.7 Å². The number of aliphatic imine (C=N–C) groups is 1. The monoisotopic (exact) mass is 577 g/mol. The smallest absolute Gasteiger partial charge is 0.303 e. The minimum atomic E-state index is -0.820. The number of amides is 1. The lowest BCUT2D eigenvalue weighted by Gasteiger charge is -2.26. The second-order valence-electron chi connectivity index (χ2n) is 9.30. The molecule has 1 saturated heterocycles. The van der Waals surface area contributed by atoms with Gasteiger partial charge in [-0.15, -0.1) is 0 Å². The van der Waals surface area contributed by atoms with Crippen molar-refractivity contribution in [1.29, 1.82) is 0 Å². The van der Waals surface area contributed by atoms with Crippen LogP contribution in [0.15, 0.2) is 76.2 Å². The molecule has 37 heavy (non-hydrogen) atoms. The van der Waals surface area contributed by atoms with Crippen LogP contribution >= 0.6 is 27.7 Å². The zero-order chi connectivity index (χ0) is 25.8. The van der Waals surface area contributed by atoms with E-state index in [1.54, 1.807) is 0 Å². The average Bonchev–Trinajstić information content (AvgIpc) is 3.22. The van der Waals surface area contributed by atoms with Crippen molar-refractivity contribution in [3.8, 4) is 0 Å². The summed E-state index contributed by atoms with van der Waals surface area (Å²) in [5.41, 5.74) is 6.16. The van der Waals surface area contributed by atoms with Gasteiger partial charge in [0, 0.05) is 47.7 Å². The number of halogens is 1. The number of carboxylic acid groups (broad SMARTS) is 1. The third-order valence-corrected chi connectivity index (χ3v) is 8.13. The van der Waals surface area contributed by atoms with Crippen LogP contribution in [0.5, 0.6) is 0 Å². The number of aliphatic carboxylic acids is 1. The van der Waals surface area contributed by atoms with Gasteiger partial charge in [-0.2, -0.15) is 11.8 Å².